The zero-order valence-electron chi connectivity index (χ0n) is 13.2. The van der Waals surface area contributed by atoms with Crippen LogP contribution in [0.15, 0.2) is 66.7 Å². The van der Waals surface area contributed by atoms with Crippen molar-refractivity contribution in [2.45, 2.75) is 0 Å². The van der Waals surface area contributed by atoms with Crippen molar-refractivity contribution >= 4 is 34.1 Å². The monoisotopic (exact) mass is 319 g/mol. The average molecular weight is 319 g/mol. The lowest BCUT2D eigenvalue weighted by atomic mass is 10.0. The van der Waals surface area contributed by atoms with E-state index in [2.05, 4.69) is 16.0 Å². The zero-order chi connectivity index (χ0) is 16.9. The van der Waals surface area contributed by atoms with Crippen LogP contribution in [-0.4, -0.2) is 19.0 Å². The maximum Gasteiger partial charge on any atom is 0.318 e. The highest BCUT2D eigenvalue weighted by Crippen LogP contribution is 2.20. The molecule has 5 heteroatoms. The molecule has 0 aromatic heterocycles. The van der Waals surface area contributed by atoms with Crippen LogP contribution in [0.2, 0.25) is 0 Å². The molecule has 0 spiro atoms. The number of fused-ring (bicyclic) bond motifs is 1. The number of carbonyl (C=O) groups is 2. The van der Waals surface area contributed by atoms with E-state index >= 15 is 0 Å². The Labute approximate surface area is 139 Å². The number of urea groups is 1. The topological polar surface area (TPSA) is 70.2 Å². The summed E-state index contributed by atoms with van der Waals surface area (Å²) in [5.41, 5.74) is 1.94. The minimum atomic E-state index is -0.289. The Balaban J connectivity index is 1.78. The van der Waals surface area contributed by atoms with Crippen molar-refractivity contribution in [3.63, 3.8) is 0 Å². The molecule has 3 N–H and O–H groups in total. The molecule has 120 valence electrons. The molecular formula is C19H17N3O2. The van der Waals surface area contributed by atoms with Gasteiger partial charge in [0.05, 0.1) is 0 Å². The lowest BCUT2D eigenvalue weighted by Gasteiger charge is -2.09. The molecule has 0 saturated carbocycles. The number of benzene rings is 3. The molecule has 5 nitrogen and oxygen atoms in total. The highest BCUT2D eigenvalue weighted by molar-refractivity contribution is 6.13. The van der Waals surface area contributed by atoms with Gasteiger partial charge in [0.25, 0.3) is 5.91 Å². The average Bonchev–Trinajstić information content (AvgIpc) is 2.62. The molecule has 3 amide bonds. The van der Waals surface area contributed by atoms with Crippen LogP contribution in [0.5, 0.6) is 0 Å². The van der Waals surface area contributed by atoms with Crippen LogP contribution in [0.25, 0.3) is 10.8 Å². The summed E-state index contributed by atoms with van der Waals surface area (Å²) in [7, 11) is 1.55. The first-order valence-corrected chi connectivity index (χ1v) is 7.55. The third-order valence-electron chi connectivity index (χ3n) is 3.66. The highest BCUT2D eigenvalue weighted by Gasteiger charge is 2.10. The van der Waals surface area contributed by atoms with E-state index in [1.54, 1.807) is 37.4 Å². The second kappa shape index (κ2) is 6.83. The molecule has 0 unspecified atom stereocenters. The predicted molar refractivity (Wildman–Crippen MR) is 96.4 cm³/mol. The smallest absolute Gasteiger partial charge is 0.318 e. The van der Waals surface area contributed by atoms with Crippen LogP contribution in [0, 0.1) is 0 Å². The van der Waals surface area contributed by atoms with Gasteiger partial charge >= 0.3 is 6.03 Å². The van der Waals surface area contributed by atoms with Crippen molar-refractivity contribution in [3.8, 4) is 0 Å². The summed E-state index contributed by atoms with van der Waals surface area (Å²) < 4.78 is 0. The molecule has 0 atom stereocenters. The van der Waals surface area contributed by atoms with Crippen molar-refractivity contribution in [2.75, 3.05) is 17.7 Å². The second-order valence-corrected chi connectivity index (χ2v) is 5.26. The van der Waals surface area contributed by atoms with Gasteiger partial charge < -0.3 is 16.0 Å². The fraction of sp³-hybridized carbons (Fsp3) is 0.0526. The van der Waals surface area contributed by atoms with Gasteiger partial charge in [-0.2, -0.15) is 0 Å². The van der Waals surface area contributed by atoms with Gasteiger partial charge in [0.15, 0.2) is 0 Å². The number of nitrogens with one attached hydrogen (secondary N) is 3. The van der Waals surface area contributed by atoms with Gasteiger partial charge in [0.1, 0.15) is 0 Å². The van der Waals surface area contributed by atoms with E-state index in [0.29, 0.717) is 16.9 Å². The van der Waals surface area contributed by atoms with Crippen LogP contribution in [0.1, 0.15) is 10.4 Å². The minimum absolute atomic E-state index is 0.168. The number of amides is 3. The molecule has 0 aliphatic carbocycles. The first-order valence-electron chi connectivity index (χ1n) is 7.55. The summed E-state index contributed by atoms with van der Waals surface area (Å²) in [6, 6.07) is 20.1. The molecule has 3 aromatic rings. The van der Waals surface area contributed by atoms with E-state index in [1.165, 1.54) is 0 Å². The number of anilines is 2. The van der Waals surface area contributed by atoms with E-state index in [9.17, 15) is 9.59 Å². The third-order valence-corrected chi connectivity index (χ3v) is 3.66. The van der Waals surface area contributed by atoms with Crippen LogP contribution in [0.3, 0.4) is 0 Å². The van der Waals surface area contributed by atoms with E-state index in [1.807, 2.05) is 36.4 Å². The van der Waals surface area contributed by atoms with E-state index in [4.69, 9.17) is 0 Å². The van der Waals surface area contributed by atoms with Gasteiger partial charge in [-0.25, -0.2) is 4.79 Å². The summed E-state index contributed by atoms with van der Waals surface area (Å²) in [6.07, 6.45) is 0. The van der Waals surface area contributed by atoms with Crippen molar-refractivity contribution in [2.24, 2.45) is 0 Å². The molecule has 3 aromatic carbocycles. The summed E-state index contributed by atoms with van der Waals surface area (Å²) in [4.78, 5) is 23.8. The summed E-state index contributed by atoms with van der Waals surface area (Å²) >= 11 is 0. The SMILES string of the molecule is CNC(=O)Nc1ccc(NC(=O)c2cccc3ccccc23)cc1. The van der Waals surface area contributed by atoms with Gasteiger partial charge in [-0.1, -0.05) is 36.4 Å². The van der Waals surface area contributed by atoms with Crippen LogP contribution in [0.4, 0.5) is 16.2 Å². The van der Waals surface area contributed by atoms with Crippen LogP contribution < -0.4 is 16.0 Å². The molecule has 0 heterocycles. The van der Waals surface area contributed by atoms with Gasteiger partial charge in [-0.3, -0.25) is 4.79 Å². The second-order valence-electron chi connectivity index (χ2n) is 5.26. The summed E-state index contributed by atoms with van der Waals surface area (Å²) in [5.74, 6) is -0.168. The maximum absolute atomic E-state index is 12.5. The van der Waals surface area contributed by atoms with Crippen molar-refractivity contribution in [1.29, 1.82) is 0 Å². The first kappa shape index (κ1) is 15.6. The molecule has 24 heavy (non-hydrogen) atoms. The fourth-order valence-corrected chi connectivity index (χ4v) is 2.45. The molecule has 3 rings (SSSR count). The number of hydrogen-bond donors (Lipinski definition) is 3. The quantitative estimate of drug-likeness (QED) is 0.686. The van der Waals surface area contributed by atoms with Crippen molar-refractivity contribution < 1.29 is 9.59 Å². The van der Waals surface area contributed by atoms with Gasteiger partial charge in [0.2, 0.25) is 0 Å². The van der Waals surface area contributed by atoms with Crippen molar-refractivity contribution in [1.82, 2.24) is 5.32 Å². The van der Waals surface area contributed by atoms with Gasteiger partial charge in [-0.05, 0) is 41.1 Å². The Morgan fingerprint density at radius 1 is 0.750 bits per heavy atom. The van der Waals surface area contributed by atoms with E-state index in [0.717, 1.165) is 10.8 Å². The molecular weight excluding hydrogens is 302 g/mol. The largest absolute Gasteiger partial charge is 0.341 e. The standard InChI is InChI=1S/C19H17N3O2/c1-20-19(24)22-15-11-9-14(10-12-15)21-18(23)17-8-4-6-13-5-2-3-7-16(13)17/h2-12H,1H3,(H,21,23)(H2,20,22,24). The normalized spacial score (nSPS) is 10.2. The van der Waals surface area contributed by atoms with Gasteiger partial charge in [0, 0.05) is 24.0 Å². The maximum atomic E-state index is 12.5. The van der Waals surface area contributed by atoms with Crippen LogP contribution >= 0.6 is 0 Å². The lowest BCUT2D eigenvalue weighted by Crippen LogP contribution is -2.24. The molecule has 0 aliphatic rings. The van der Waals surface area contributed by atoms with Crippen molar-refractivity contribution in [3.05, 3.63) is 72.3 Å². The number of carbonyl (C=O) groups excluding carboxylic acids is 2. The Morgan fingerprint density at radius 3 is 2.08 bits per heavy atom. The third kappa shape index (κ3) is 3.35. The molecule has 0 bridgehead atoms. The molecule has 0 aliphatic heterocycles. The Morgan fingerprint density at radius 2 is 1.38 bits per heavy atom. The van der Waals surface area contributed by atoms with Crippen LogP contribution in [-0.2, 0) is 0 Å². The first-order chi connectivity index (χ1) is 11.7. The highest BCUT2D eigenvalue weighted by atomic mass is 16.2. The van der Waals surface area contributed by atoms with E-state index in [-0.39, 0.29) is 11.9 Å². The summed E-state index contributed by atoms with van der Waals surface area (Å²) in [5, 5.41) is 9.96. The fourth-order valence-electron chi connectivity index (χ4n) is 2.45. The zero-order valence-corrected chi connectivity index (χ0v) is 13.2. The van der Waals surface area contributed by atoms with Gasteiger partial charge in [-0.15, -0.1) is 0 Å². The summed E-state index contributed by atoms with van der Waals surface area (Å²) in [6.45, 7) is 0. The Kier molecular flexibility index (Phi) is 4.43. The van der Waals surface area contributed by atoms with E-state index < -0.39 is 0 Å². The Hall–Kier alpha value is -3.34. The Bertz CT molecular complexity index is 883. The number of rotatable bonds is 3. The minimum Gasteiger partial charge on any atom is -0.341 e. The molecule has 0 saturated heterocycles. The molecule has 0 fully saturated rings. The molecule has 0 radical (unpaired) electrons. The lowest BCUT2D eigenvalue weighted by molar-refractivity contribution is 0.102. The number of hydrogen-bond acceptors (Lipinski definition) is 2. The predicted octanol–water partition coefficient (Wildman–Crippen LogP) is 3.84.